The zero-order chi connectivity index (χ0) is 15.6. The molecule has 0 fully saturated rings. The number of halogens is 1. The van der Waals surface area contributed by atoms with Crippen LogP contribution in [0.3, 0.4) is 0 Å². The number of aryl methyl sites for hydroxylation is 2. The predicted molar refractivity (Wildman–Crippen MR) is 81.2 cm³/mol. The molecule has 0 saturated carbocycles. The minimum Gasteiger partial charge on any atom is -0.345 e. The highest BCUT2D eigenvalue weighted by atomic mass is 35.5. The summed E-state index contributed by atoms with van der Waals surface area (Å²) in [5.74, 6) is 0.281. The van der Waals surface area contributed by atoms with E-state index in [0.717, 1.165) is 12.2 Å². The minimum atomic E-state index is -0.236. The van der Waals surface area contributed by atoms with Gasteiger partial charge in [-0.1, -0.05) is 25.4 Å². The van der Waals surface area contributed by atoms with Crippen LogP contribution in [-0.2, 0) is 20.1 Å². The molecule has 7 heteroatoms. The van der Waals surface area contributed by atoms with E-state index < -0.39 is 0 Å². The summed E-state index contributed by atoms with van der Waals surface area (Å²) < 4.78 is 3.54. The Morgan fingerprint density at radius 3 is 2.76 bits per heavy atom. The third kappa shape index (κ3) is 3.44. The predicted octanol–water partition coefficient (Wildman–Crippen LogP) is 2.16. The van der Waals surface area contributed by atoms with Gasteiger partial charge in [0.1, 0.15) is 5.69 Å². The highest BCUT2D eigenvalue weighted by Crippen LogP contribution is 2.19. The maximum absolute atomic E-state index is 12.2. The lowest BCUT2D eigenvalue weighted by atomic mass is 10.2. The van der Waals surface area contributed by atoms with Crippen LogP contribution in [0.1, 0.15) is 35.7 Å². The van der Waals surface area contributed by atoms with E-state index in [1.807, 2.05) is 4.57 Å². The average molecular weight is 310 g/mol. The number of hydrogen-bond acceptors (Lipinski definition) is 3. The van der Waals surface area contributed by atoms with Gasteiger partial charge in [-0.3, -0.25) is 9.48 Å². The summed E-state index contributed by atoms with van der Waals surface area (Å²) in [5, 5.41) is 7.40. The molecule has 0 aromatic carbocycles. The number of carbonyl (C=O) groups is 1. The summed E-state index contributed by atoms with van der Waals surface area (Å²) in [6, 6.07) is 0. The smallest absolute Gasteiger partial charge is 0.271 e. The molecular weight excluding hydrogens is 290 g/mol. The van der Waals surface area contributed by atoms with Gasteiger partial charge >= 0.3 is 0 Å². The van der Waals surface area contributed by atoms with Gasteiger partial charge in [0.05, 0.1) is 29.3 Å². The van der Waals surface area contributed by atoms with Crippen molar-refractivity contribution in [3.63, 3.8) is 0 Å². The van der Waals surface area contributed by atoms with Crippen molar-refractivity contribution in [1.82, 2.24) is 24.6 Å². The molecule has 21 heavy (non-hydrogen) atoms. The number of imidazole rings is 1. The molecule has 0 aliphatic rings. The largest absolute Gasteiger partial charge is 0.345 e. The summed E-state index contributed by atoms with van der Waals surface area (Å²) in [7, 11) is 1.71. The Balaban J connectivity index is 2.06. The van der Waals surface area contributed by atoms with E-state index >= 15 is 0 Å². The SMILES string of the molecule is Cc1nn(C)c(C(=O)NCc2cncn2CC(C)C)c1Cl. The van der Waals surface area contributed by atoms with E-state index in [-0.39, 0.29) is 5.91 Å². The molecule has 0 saturated heterocycles. The summed E-state index contributed by atoms with van der Waals surface area (Å²) >= 11 is 6.11. The Kier molecular flexibility index (Phi) is 4.67. The Bertz CT molecular complexity index is 644. The molecule has 0 atom stereocenters. The molecule has 2 heterocycles. The normalized spacial score (nSPS) is 11.1. The van der Waals surface area contributed by atoms with Crippen LogP contribution in [0.4, 0.5) is 0 Å². The van der Waals surface area contributed by atoms with Crippen molar-refractivity contribution in [1.29, 1.82) is 0 Å². The third-order valence-electron chi connectivity index (χ3n) is 3.15. The number of hydrogen-bond donors (Lipinski definition) is 1. The van der Waals surface area contributed by atoms with Crippen molar-refractivity contribution in [2.75, 3.05) is 0 Å². The van der Waals surface area contributed by atoms with Gasteiger partial charge in [-0.15, -0.1) is 0 Å². The van der Waals surface area contributed by atoms with Crippen LogP contribution < -0.4 is 5.32 Å². The van der Waals surface area contributed by atoms with Crippen molar-refractivity contribution in [3.05, 3.63) is 34.6 Å². The highest BCUT2D eigenvalue weighted by molar-refractivity contribution is 6.34. The van der Waals surface area contributed by atoms with Gasteiger partial charge < -0.3 is 9.88 Å². The molecule has 2 aromatic rings. The molecule has 0 bridgehead atoms. The number of nitrogens with zero attached hydrogens (tertiary/aromatic N) is 4. The maximum Gasteiger partial charge on any atom is 0.271 e. The summed E-state index contributed by atoms with van der Waals surface area (Å²) in [5.41, 5.74) is 1.99. The van der Waals surface area contributed by atoms with Gasteiger partial charge in [0.2, 0.25) is 0 Å². The lowest BCUT2D eigenvalue weighted by molar-refractivity contribution is 0.0940. The summed E-state index contributed by atoms with van der Waals surface area (Å²) in [6.07, 6.45) is 3.54. The van der Waals surface area contributed by atoms with E-state index in [9.17, 15) is 4.79 Å². The second-order valence-electron chi connectivity index (χ2n) is 5.49. The molecule has 0 aliphatic heterocycles. The maximum atomic E-state index is 12.2. The first kappa shape index (κ1) is 15.6. The van der Waals surface area contributed by atoms with Gasteiger partial charge in [0.15, 0.2) is 0 Å². The van der Waals surface area contributed by atoms with Gasteiger partial charge in [-0.2, -0.15) is 5.10 Å². The number of amides is 1. The molecule has 0 aliphatic carbocycles. The topological polar surface area (TPSA) is 64.7 Å². The summed E-state index contributed by atoms with van der Waals surface area (Å²) in [6.45, 7) is 7.33. The molecule has 114 valence electrons. The molecule has 1 N–H and O–H groups in total. The number of aromatic nitrogens is 4. The van der Waals surface area contributed by atoms with E-state index in [1.165, 1.54) is 4.68 Å². The number of rotatable bonds is 5. The first-order valence-electron chi connectivity index (χ1n) is 6.86. The Morgan fingerprint density at radius 2 is 2.19 bits per heavy atom. The molecule has 0 radical (unpaired) electrons. The van der Waals surface area contributed by atoms with Crippen molar-refractivity contribution in [2.45, 2.75) is 33.9 Å². The minimum absolute atomic E-state index is 0.236. The van der Waals surface area contributed by atoms with Crippen LogP contribution >= 0.6 is 11.6 Å². The van der Waals surface area contributed by atoms with Crippen LogP contribution in [0.2, 0.25) is 5.02 Å². The average Bonchev–Trinajstić information content (AvgIpc) is 2.92. The highest BCUT2D eigenvalue weighted by Gasteiger charge is 2.18. The number of nitrogens with one attached hydrogen (secondary N) is 1. The fraction of sp³-hybridized carbons (Fsp3) is 0.500. The fourth-order valence-electron chi connectivity index (χ4n) is 2.19. The van der Waals surface area contributed by atoms with Crippen LogP contribution in [0.25, 0.3) is 0 Å². The Labute approximate surface area is 129 Å². The molecule has 0 unspecified atom stereocenters. The van der Waals surface area contributed by atoms with Gasteiger partial charge in [0.25, 0.3) is 5.91 Å². The fourth-order valence-corrected chi connectivity index (χ4v) is 2.43. The van der Waals surface area contributed by atoms with Crippen molar-refractivity contribution in [3.8, 4) is 0 Å². The first-order valence-corrected chi connectivity index (χ1v) is 7.24. The van der Waals surface area contributed by atoms with Crippen LogP contribution in [0, 0.1) is 12.8 Å². The van der Waals surface area contributed by atoms with Crippen molar-refractivity contribution >= 4 is 17.5 Å². The number of carbonyl (C=O) groups excluding carboxylic acids is 1. The van der Waals surface area contributed by atoms with E-state index in [1.54, 1.807) is 26.5 Å². The standard InChI is InChI=1S/C14H20ClN5O/c1-9(2)7-20-8-16-5-11(20)6-17-14(21)13-12(15)10(3)18-19(13)4/h5,8-9H,6-7H2,1-4H3,(H,17,21). The van der Waals surface area contributed by atoms with Gasteiger partial charge in [0, 0.05) is 19.8 Å². The van der Waals surface area contributed by atoms with Gasteiger partial charge in [-0.05, 0) is 12.8 Å². The second-order valence-corrected chi connectivity index (χ2v) is 5.86. The third-order valence-corrected chi connectivity index (χ3v) is 3.61. The monoisotopic (exact) mass is 309 g/mol. The molecule has 2 rings (SSSR count). The lowest BCUT2D eigenvalue weighted by Gasteiger charge is -2.11. The van der Waals surface area contributed by atoms with E-state index in [2.05, 4.69) is 29.2 Å². The Morgan fingerprint density at radius 1 is 1.48 bits per heavy atom. The molecule has 2 aromatic heterocycles. The second kappa shape index (κ2) is 6.30. The van der Waals surface area contributed by atoms with Gasteiger partial charge in [-0.25, -0.2) is 4.98 Å². The summed E-state index contributed by atoms with van der Waals surface area (Å²) in [4.78, 5) is 16.4. The zero-order valence-corrected chi connectivity index (χ0v) is 13.5. The Hall–Kier alpha value is -1.82. The molecule has 0 spiro atoms. The molecule has 1 amide bonds. The zero-order valence-electron chi connectivity index (χ0n) is 12.7. The molecular formula is C14H20ClN5O. The van der Waals surface area contributed by atoms with Crippen molar-refractivity contribution < 1.29 is 4.79 Å². The quantitative estimate of drug-likeness (QED) is 0.920. The van der Waals surface area contributed by atoms with Crippen LogP contribution in [0.5, 0.6) is 0 Å². The van der Waals surface area contributed by atoms with E-state index in [4.69, 9.17) is 11.6 Å². The first-order chi connectivity index (χ1) is 9.90. The molecule has 6 nitrogen and oxygen atoms in total. The lowest BCUT2D eigenvalue weighted by Crippen LogP contribution is -2.26. The van der Waals surface area contributed by atoms with Crippen LogP contribution in [-0.4, -0.2) is 25.2 Å². The van der Waals surface area contributed by atoms with E-state index in [0.29, 0.717) is 28.9 Å². The van der Waals surface area contributed by atoms with Crippen molar-refractivity contribution in [2.24, 2.45) is 13.0 Å². The van der Waals surface area contributed by atoms with Crippen LogP contribution in [0.15, 0.2) is 12.5 Å².